The molecule has 0 bridgehead atoms. The number of ether oxygens (including phenoxy) is 1. The van der Waals surface area contributed by atoms with Gasteiger partial charge in [-0.1, -0.05) is 12.1 Å². The van der Waals surface area contributed by atoms with Crippen molar-refractivity contribution >= 4 is 23.7 Å². The van der Waals surface area contributed by atoms with Crippen LogP contribution in [0.5, 0.6) is 0 Å². The molecule has 1 aromatic carbocycles. The molecule has 1 atom stereocenters. The summed E-state index contributed by atoms with van der Waals surface area (Å²) in [6.45, 7) is 1.52. The number of carbonyl (C=O) groups is 3. The highest BCUT2D eigenvalue weighted by Gasteiger charge is 2.47. The second-order valence-electron chi connectivity index (χ2n) is 6.91. The van der Waals surface area contributed by atoms with Crippen molar-refractivity contribution in [2.45, 2.75) is 24.9 Å². The van der Waals surface area contributed by atoms with Gasteiger partial charge in [0.15, 0.2) is 0 Å². The zero-order chi connectivity index (χ0) is 18.7. The fraction of sp³-hybridized carbons (Fsp3) is 0.500. The lowest BCUT2D eigenvalue weighted by Crippen LogP contribution is -2.53. The van der Waals surface area contributed by atoms with Crippen LogP contribution < -0.4 is 10.6 Å². The summed E-state index contributed by atoms with van der Waals surface area (Å²) < 4.78 is 5.52. The summed E-state index contributed by atoms with van der Waals surface area (Å²) in [6.07, 6.45) is 1.53. The number of nitrogens with one attached hydrogen (secondary N) is 2. The van der Waals surface area contributed by atoms with Crippen LogP contribution >= 0.6 is 0 Å². The Bertz CT molecular complexity index is 706. The van der Waals surface area contributed by atoms with E-state index < -0.39 is 5.60 Å². The molecule has 1 spiro atoms. The summed E-state index contributed by atoms with van der Waals surface area (Å²) in [5.41, 5.74) is 0.940. The predicted octanol–water partition coefficient (Wildman–Crippen LogP) is 1.42. The second kappa shape index (κ2) is 7.23. The summed E-state index contributed by atoms with van der Waals surface area (Å²) in [5, 5.41) is 5.45. The van der Waals surface area contributed by atoms with Crippen molar-refractivity contribution in [1.82, 2.24) is 15.1 Å². The van der Waals surface area contributed by atoms with Crippen molar-refractivity contribution in [2.75, 3.05) is 39.0 Å². The Hall–Kier alpha value is -2.77. The Labute approximate surface area is 152 Å². The number of amides is 4. The van der Waals surface area contributed by atoms with Crippen molar-refractivity contribution in [3.8, 4) is 0 Å². The average molecular weight is 360 g/mol. The maximum atomic E-state index is 12.6. The maximum Gasteiger partial charge on any atom is 0.410 e. The molecule has 2 heterocycles. The van der Waals surface area contributed by atoms with E-state index in [1.165, 1.54) is 0 Å². The van der Waals surface area contributed by atoms with Crippen LogP contribution in [-0.4, -0.2) is 67.2 Å². The number of carbonyl (C=O) groups excluding carboxylic acids is 3. The van der Waals surface area contributed by atoms with Crippen LogP contribution in [0.4, 0.5) is 15.3 Å². The van der Waals surface area contributed by atoms with Gasteiger partial charge in [-0.05, 0) is 30.5 Å². The summed E-state index contributed by atoms with van der Waals surface area (Å²) in [5.74, 6) is -0.0588. The number of hydrogen-bond acceptors (Lipinski definition) is 4. The van der Waals surface area contributed by atoms with Crippen LogP contribution in [-0.2, 0) is 16.0 Å². The highest BCUT2D eigenvalue weighted by atomic mass is 16.6. The van der Waals surface area contributed by atoms with Gasteiger partial charge in [0.25, 0.3) is 0 Å². The Morgan fingerprint density at radius 2 is 1.96 bits per heavy atom. The molecule has 140 valence electrons. The number of piperidine rings is 1. The number of hydrogen-bond donors (Lipinski definition) is 2. The molecule has 2 aliphatic rings. The first-order valence-electron chi connectivity index (χ1n) is 8.70. The fourth-order valence-electron chi connectivity index (χ4n) is 3.46. The summed E-state index contributed by atoms with van der Waals surface area (Å²) in [7, 11) is 3.30. The van der Waals surface area contributed by atoms with E-state index in [2.05, 4.69) is 10.6 Å². The number of nitrogens with zero attached hydrogens (tertiary/aromatic N) is 2. The van der Waals surface area contributed by atoms with Crippen molar-refractivity contribution in [2.24, 2.45) is 0 Å². The monoisotopic (exact) mass is 360 g/mol. The van der Waals surface area contributed by atoms with Gasteiger partial charge >= 0.3 is 12.1 Å². The lowest BCUT2D eigenvalue weighted by molar-refractivity contribution is -0.119. The standard InChI is InChI=1S/C18H24N4O4/c1-19-15(23)10-13-4-6-14(7-5-13)20-16(24)22-9-3-8-18(12-22)11-21(2)17(25)26-18/h4-7H,3,8-12H2,1-2H3,(H,19,23)(H,20,24)/t18-/m0/s1. The molecule has 0 radical (unpaired) electrons. The third-order valence-corrected chi connectivity index (χ3v) is 4.82. The molecule has 2 saturated heterocycles. The molecule has 2 fully saturated rings. The molecule has 8 nitrogen and oxygen atoms in total. The van der Waals surface area contributed by atoms with Gasteiger partial charge < -0.3 is 25.2 Å². The number of likely N-dealkylation sites (N-methyl/N-ethyl adjacent to an activating group) is 2. The highest BCUT2D eigenvalue weighted by Crippen LogP contribution is 2.31. The predicted molar refractivity (Wildman–Crippen MR) is 95.9 cm³/mol. The van der Waals surface area contributed by atoms with Crippen molar-refractivity contribution < 1.29 is 19.1 Å². The molecule has 0 unspecified atom stereocenters. The molecule has 8 heteroatoms. The Balaban J connectivity index is 1.59. The molecular weight excluding hydrogens is 336 g/mol. The Morgan fingerprint density at radius 3 is 2.58 bits per heavy atom. The first kappa shape index (κ1) is 18.0. The molecule has 4 amide bonds. The highest BCUT2D eigenvalue weighted by molar-refractivity contribution is 5.89. The van der Waals surface area contributed by atoms with E-state index in [1.54, 1.807) is 36.0 Å². The second-order valence-corrected chi connectivity index (χ2v) is 6.91. The van der Waals surface area contributed by atoms with Crippen LogP contribution in [0.3, 0.4) is 0 Å². The zero-order valence-electron chi connectivity index (χ0n) is 15.1. The van der Waals surface area contributed by atoms with E-state index in [0.717, 1.165) is 18.4 Å². The minimum absolute atomic E-state index is 0.0588. The number of anilines is 1. The zero-order valence-corrected chi connectivity index (χ0v) is 15.1. The van der Waals surface area contributed by atoms with E-state index in [0.29, 0.717) is 31.7 Å². The van der Waals surface area contributed by atoms with Gasteiger partial charge in [-0.2, -0.15) is 0 Å². The number of likely N-dealkylation sites (tertiary alicyclic amines) is 1. The Morgan fingerprint density at radius 1 is 1.23 bits per heavy atom. The van der Waals surface area contributed by atoms with Crippen LogP contribution in [0.1, 0.15) is 18.4 Å². The molecule has 26 heavy (non-hydrogen) atoms. The maximum absolute atomic E-state index is 12.6. The van der Waals surface area contributed by atoms with E-state index in [9.17, 15) is 14.4 Å². The van der Waals surface area contributed by atoms with Gasteiger partial charge in [-0.15, -0.1) is 0 Å². The first-order chi connectivity index (χ1) is 12.4. The lowest BCUT2D eigenvalue weighted by Gasteiger charge is -2.38. The van der Waals surface area contributed by atoms with Crippen molar-refractivity contribution in [3.05, 3.63) is 29.8 Å². The van der Waals surface area contributed by atoms with Crippen LogP contribution in [0, 0.1) is 0 Å². The molecule has 0 aliphatic carbocycles. The molecule has 1 aromatic rings. The minimum atomic E-state index is -0.598. The van der Waals surface area contributed by atoms with E-state index in [4.69, 9.17) is 4.74 Å². The summed E-state index contributed by atoms with van der Waals surface area (Å²) >= 11 is 0. The molecule has 2 aliphatic heterocycles. The van der Waals surface area contributed by atoms with Crippen LogP contribution in [0.25, 0.3) is 0 Å². The SMILES string of the molecule is CNC(=O)Cc1ccc(NC(=O)N2CCC[C@]3(CN(C)C(=O)O3)C2)cc1. The normalized spacial score (nSPS) is 22.3. The topological polar surface area (TPSA) is 91.0 Å². The lowest BCUT2D eigenvalue weighted by atomic mass is 9.93. The third-order valence-electron chi connectivity index (χ3n) is 4.82. The van der Waals surface area contributed by atoms with Gasteiger partial charge in [0.05, 0.1) is 19.5 Å². The molecule has 0 saturated carbocycles. The average Bonchev–Trinajstić information content (AvgIpc) is 2.89. The number of benzene rings is 1. The number of urea groups is 1. The van der Waals surface area contributed by atoms with E-state index in [-0.39, 0.29) is 18.0 Å². The summed E-state index contributed by atoms with van der Waals surface area (Å²) in [6, 6.07) is 6.97. The largest absolute Gasteiger partial charge is 0.439 e. The summed E-state index contributed by atoms with van der Waals surface area (Å²) in [4.78, 5) is 38.9. The van der Waals surface area contributed by atoms with Crippen molar-refractivity contribution in [1.29, 1.82) is 0 Å². The minimum Gasteiger partial charge on any atom is -0.439 e. The smallest absolute Gasteiger partial charge is 0.410 e. The fourth-order valence-corrected chi connectivity index (χ4v) is 3.46. The van der Waals surface area contributed by atoms with E-state index >= 15 is 0 Å². The van der Waals surface area contributed by atoms with Crippen LogP contribution in [0.15, 0.2) is 24.3 Å². The molecule has 2 N–H and O–H groups in total. The van der Waals surface area contributed by atoms with Gasteiger partial charge in [-0.25, -0.2) is 9.59 Å². The third kappa shape index (κ3) is 3.89. The van der Waals surface area contributed by atoms with Crippen LogP contribution in [0.2, 0.25) is 0 Å². The van der Waals surface area contributed by atoms with Gasteiger partial charge in [0, 0.05) is 26.3 Å². The quantitative estimate of drug-likeness (QED) is 0.853. The Kier molecular flexibility index (Phi) is 5.01. The van der Waals surface area contributed by atoms with Crippen molar-refractivity contribution in [3.63, 3.8) is 0 Å². The van der Waals surface area contributed by atoms with Gasteiger partial charge in [0.1, 0.15) is 5.60 Å². The van der Waals surface area contributed by atoms with E-state index in [1.807, 2.05) is 12.1 Å². The molecule has 0 aromatic heterocycles. The first-order valence-corrected chi connectivity index (χ1v) is 8.70. The van der Waals surface area contributed by atoms with Gasteiger partial charge in [-0.3, -0.25) is 4.79 Å². The molecule has 3 rings (SSSR count). The number of rotatable bonds is 3. The molecular formula is C18H24N4O4. The van der Waals surface area contributed by atoms with Gasteiger partial charge in [0.2, 0.25) is 5.91 Å².